The van der Waals surface area contributed by atoms with Crippen LogP contribution < -0.4 is 10.6 Å². The molecule has 2 N–H and O–H groups in total. The van der Waals surface area contributed by atoms with Crippen LogP contribution in [0.15, 0.2) is 99.0 Å². The Balaban J connectivity index is 1.61. The van der Waals surface area contributed by atoms with Gasteiger partial charge in [0.15, 0.2) is 11.6 Å². The van der Waals surface area contributed by atoms with E-state index < -0.39 is 5.92 Å². The van der Waals surface area contributed by atoms with Crippen molar-refractivity contribution in [1.82, 2.24) is 0 Å². The van der Waals surface area contributed by atoms with Crippen LogP contribution >= 0.6 is 0 Å². The van der Waals surface area contributed by atoms with Gasteiger partial charge in [-0.1, -0.05) is 43.3 Å². The highest BCUT2D eigenvalue weighted by molar-refractivity contribution is 6.08. The fourth-order valence-corrected chi connectivity index (χ4v) is 5.52. The minimum Gasteiger partial charge on any atom is -0.469 e. The third-order valence-electron chi connectivity index (χ3n) is 7.22. The second-order valence-electron chi connectivity index (χ2n) is 9.13. The van der Waals surface area contributed by atoms with Gasteiger partial charge in [0, 0.05) is 29.2 Å². The van der Waals surface area contributed by atoms with Crippen molar-refractivity contribution < 1.29 is 9.21 Å². The predicted octanol–water partition coefficient (Wildman–Crippen LogP) is 5.30. The van der Waals surface area contributed by atoms with Crippen LogP contribution in [0.2, 0.25) is 0 Å². The standard InChI is InChI=1S/C29H24N4O2/c1-2-17-9-11-18(12-10-17)26-21(16-30)29-32-28(31)20-6-3-4-7-22(20)33(29)23-14-19(15-24(34)27(23)26)25-8-5-13-35-25/h3-13,19,26H,2,14-15H2,1H3,(H2,31,32). The number of carbonyl (C=O) groups is 1. The van der Waals surface area contributed by atoms with Gasteiger partial charge in [-0.25, -0.2) is 4.99 Å². The first-order valence-corrected chi connectivity index (χ1v) is 11.9. The minimum atomic E-state index is -0.487. The zero-order valence-electron chi connectivity index (χ0n) is 19.4. The average Bonchev–Trinajstić information content (AvgIpc) is 3.43. The van der Waals surface area contributed by atoms with Gasteiger partial charge in [-0.05, 0) is 48.2 Å². The Labute approximate surface area is 203 Å². The number of hydrogen-bond acceptors (Lipinski definition) is 6. The fraction of sp³-hybridized carbons (Fsp3) is 0.207. The maximum Gasteiger partial charge on any atom is 0.162 e. The van der Waals surface area contributed by atoms with E-state index in [0.717, 1.165) is 34.7 Å². The number of allylic oxidation sites excluding steroid dienone is 3. The number of nitriles is 1. The van der Waals surface area contributed by atoms with Gasteiger partial charge in [-0.2, -0.15) is 5.26 Å². The molecule has 6 heteroatoms. The highest BCUT2D eigenvalue weighted by Gasteiger charge is 2.45. The summed E-state index contributed by atoms with van der Waals surface area (Å²) in [5.41, 5.74) is 12.1. The summed E-state index contributed by atoms with van der Waals surface area (Å²) in [4.78, 5) is 20.5. The van der Waals surface area contributed by atoms with Crippen LogP contribution in [0.3, 0.4) is 0 Å². The Bertz CT molecular complexity index is 1470. The van der Waals surface area contributed by atoms with E-state index >= 15 is 0 Å². The fourth-order valence-electron chi connectivity index (χ4n) is 5.52. The van der Waals surface area contributed by atoms with Crippen molar-refractivity contribution in [2.75, 3.05) is 4.90 Å². The van der Waals surface area contributed by atoms with Gasteiger partial charge in [0.05, 0.1) is 29.5 Å². The Hall–Kier alpha value is -4.37. The summed E-state index contributed by atoms with van der Waals surface area (Å²) in [5.74, 6) is 1.12. The average molecular weight is 461 g/mol. The highest BCUT2D eigenvalue weighted by Crippen LogP contribution is 2.51. The van der Waals surface area contributed by atoms with E-state index in [1.807, 2.05) is 53.4 Å². The molecule has 2 aromatic carbocycles. The van der Waals surface area contributed by atoms with E-state index in [1.165, 1.54) is 5.56 Å². The first-order valence-electron chi connectivity index (χ1n) is 11.9. The summed E-state index contributed by atoms with van der Waals surface area (Å²) in [7, 11) is 0. The minimum absolute atomic E-state index is 0.0315. The molecule has 3 heterocycles. The molecule has 0 fully saturated rings. The number of amidine groups is 1. The molecule has 0 bridgehead atoms. The SMILES string of the molecule is CCc1ccc(C2C(C#N)=C3N=C(N)c4ccccc4N3C3=C2C(=O)CC(c2ccco2)C3)cc1. The molecule has 0 saturated heterocycles. The lowest BCUT2D eigenvalue weighted by Crippen LogP contribution is -2.40. The second-order valence-corrected chi connectivity index (χ2v) is 9.13. The molecular weight excluding hydrogens is 436 g/mol. The van der Waals surface area contributed by atoms with Gasteiger partial charge in [-0.15, -0.1) is 0 Å². The third-order valence-corrected chi connectivity index (χ3v) is 7.22. The summed E-state index contributed by atoms with van der Waals surface area (Å²) in [6.45, 7) is 2.10. The van der Waals surface area contributed by atoms with Crippen molar-refractivity contribution in [3.05, 3.63) is 112 Å². The number of fused-ring (bicyclic) bond motifs is 4. The summed E-state index contributed by atoms with van der Waals surface area (Å²) < 4.78 is 5.70. The quantitative estimate of drug-likeness (QED) is 0.572. The van der Waals surface area contributed by atoms with Gasteiger partial charge in [0.1, 0.15) is 11.6 Å². The summed E-state index contributed by atoms with van der Waals surface area (Å²) >= 11 is 0. The number of ketones is 1. The monoisotopic (exact) mass is 460 g/mol. The van der Waals surface area contributed by atoms with E-state index in [-0.39, 0.29) is 11.7 Å². The highest BCUT2D eigenvalue weighted by atomic mass is 16.3. The summed E-state index contributed by atoms with van der Waals surface area (Å²) in [6.07, 6.45) is 3.50. The number of rotatable bonds is 3. The molecule has 0 saturated carbocycles. The normalized spacial score (nSPS) is 21.2. The Morgan fingerprint density at radius 2 is 1.91 bits per heavy atom. The maximum absolute atomic E-state index is 13.8. The molecule has 6 nitrogen and oxygen atoms in total. The lowest BCUT2D eigenvalue weighted by Gasteiger charge is -2.43. The van der Waals surface area contributed by atoms with E-state index in [1.54, 1.807) is 6.26 Å². The summed E-state index contributed by atoms with van der Waals surface area (Å²) in [6, 6.07) is 22.1. The van der Waals surface area contributed by atoms with Crippen molar-refractivity contribution in [3.63, 3.8) is 0 Å². The first-order chi connectivity index (χ1) is 17.1. The number of aliphatic imine (C=N–C) groups is 1. The van der Waals surface area contributed by atoms with E-state index in [0.29, 0.717) is 35.6 Å². The molecule has 3 aromatic rings. The Kier molecular flexibility index (Phi) is 4.93. The number of para-hydroxylation sites is 1. The van der Waals surface area contributed by atoms with Gasteiger partial charge < -0.3 is 10.2 Å². The molecule has 2 atom stereocenters. The number of furan rings is 1. The molecule has 0 radical (unpaired) electrons. The van der Waals surface area contributed by atoms with Crippen molar-refractivity contribution in [2.45, 2.75) is 38.0 Å². The molecule has 6 rings (SSSR count). The van der Waals surface area contributed by atoms with Crippen LogP contribution in [0, 0.1) is 11.3 Å². The molecule has 0 spiro atoms. The lowest BCUT2D eigenvalue weighted by molar-refractivity contribution is -0.116. The van der Waals surface area contributed by atoms with Crippen molar-refractivity contribution >= 4 is 17.3 Å². The predicted molar refractivity (Wildman–Crippen MR) is 134 cm³/mol. The number of Topliss-reactive ketones (excluding diaryl/α,β-unsaturated/α-hetero) is 1. The van der Waals surface area contributed by atoms with Gasteiger partial charge >= 0.3 is 0 Å². The number of hydrogen-bond donors (Lipinski definition) is 1. The first kappa shape index (κ1) is 21.2. The Morgan fingerprint density at radius 3 is 2.63 bits per heavy atom. The van der Waals surface area contributed by atoms with E-state index in [2.05, 4.69) is 25.1 Å². The van der Waals surface area contributed by atoms with Crippen LogP contribution in [0.5, 0.6) is 0 Å². The maximum atomic E-state index is 13.8. The molecule has 35 heavy (non-hydrogen) atoms. The number of nitrogens with zero attached hydrogens (tertiary/aromatic N) is 3. The van der Waals surface area contributed by atoms with Gasteiger partial charge in [0.2, 0.25) is 0 Å². The molecule has 3 aliphatic rings. The third kappa shape index (κ3) is 3.23. The van der Waals surface area contributed by atoms with Crippen molar-refractivity contribution in [2.24, 2.45) is 10.7 Å². The molecular formula is C29H24N4O2. The smallest absolute Gasteiger partial charge is 0.162 e. The summed E-state index contributed by atoms with van der Waals surface area (Å²) in [5, 5.41) is 10.4. The van der Waals surface area contributed by atoms with Gasteiger partial charge in [0.25, 0.3) is 0 Å². The second kappa shape index (κ2) is 8.14. The van der Waals surface area contributed by atoms with Crippen LogP contribution in [-0.2, 0) is 11.2 Å². The molecule has 172 valence electrons. The van der Waals surface area contributed by atoms with Crippen LogP contribution in [0.1, 0.15) is 54.1 Å². The van der Waals surface area contributed by atoms with E-state index in [4.69, 9.17) is 15.1 Å². The lowest BCUT2D eigenvalue weighted by atomic mass is 9.72. The number of aryl methyl sites for hydroxylation is 1. The van der Waals surface area contributed by atoms with Crippen LogP contribution in [0.25, 0.3) is 0 Å². The van der Waals surface area contributed by atoms with E-state index in [9.17, 15) is 10.1 Å². The van der Waals surface area contributed by atoms with Crippen molar-refractivity contribution in [3.8, 4) is 6.07 Å². The van der Waals surface area contributed by atoms with Crippen molar-refractivity contribution in [1.29, 1.82) is 5.26 Å². The molecule has 2 aliphatic heterocycles. The van der Waals surface area contributed by atoms with Crippen LogP contribution in [0.4, 0.5) is 5.69 Å². The zero-order chi connectivity index (χ0) is 24.1. The number of carbonyl (C=O) groups excluding carboxylic acids is 1. The molecule has 0 amide bonds. The molecule has 1 aliphatic carbocycles. The Morgan fingerprint density at radius 1 is 1.11 bits per heavy atom. The zero-order valence-corrected chi connectivity index (χ0v) is 19.4. The topological polar surface area (TPSA) is 95.6 Å². The van der Waals surface area contributed by atoms with Gasteiger partial charge in [-0.3, -0.25) is 9.69 Å². The number of anilines is 1. The number of benzene rings is 2. The van der Waals surface area contributed by atoms with Crippen LogP contribution in [-0.4, -0.2) is 11.6 Å². The largest absolute Gasteiger partial charge is 0.469 e. The number of nitrogens with two attached hydrogens (primary N) is 1. The molecule has 1 aromatic heterocycles. The molecule has 2 unspecified atom stereocenters.